The van der Waals surface area contributed by atoms with Gasteiger partial charge in [-0.25, -0.2) is 13.8 Å². The molecule has 0 aliphatic rings. The molecule has 9 heteroatoms. The SMILES string of the molecule is CSc1nc(OCc2ccc(F)c(F)c2)c(-c2ccc(Cl)cc2)c(-c2ccc(Cl)cc2Cl)n1. The van der Waals surface area contributed by atoms with Gasteiger partial charge in [-0.15, -0.1) is 0 Å². The highest BCUT2D eigenvalue weighted by atomic mass is 35.5. The standard InChI is InChI=1S/C24H15Cl3F2N2OS/c1-33-24-30-22(17-8-7-16(26)11-18(17)27)21(14-3-5-15(25)6-4-14)23(31-24)32-12-13-2-9-19(28)20(29)10-13/h2-11H,12H2,1H3. The van der Waals surface area contributed by atoms with Crippen molar-refractivity contribution < 1.29 is 13.5 Å². The maximum absolute atomic E-state index is 13.7. The third kappa shape index (κ3) is 5.41. The molecule has 0 aliphatic heterocycles. The molecule has 1 aromatic heterocycles. The summed E-state index contributed by atoms with van der Waals surface area (Å²) in [5.74, 6) is -1.61. The summed E-state index contributed by atoms with van der Waals surface area (Å²) in [5.41, 5.74) is 2.95. The van der Waals surface area contributed by atoms with Crippen LogP contribution in [0.5, 0.6) is 5.88 Å². The lowest BCUT2D eigenvalue weighted by Gasteiger charge is -2.17. The summed E-state index contributed by atoms with van der Waals surface area (Å²) in [4.78, 5) is 9.23. The molecule has 1 heterocycles. The molecule has 3 aromatic carbocycles. The first-order chi connectivity index (χ1) is 15.9. The molecule has 0 spiro atoms. The van der Waals surface area contributed by atoms with E-state index in [4.69, 9.17) is 44.5 Å². The number of rotatable bonds is 6. The third-order valence-corrected chi connectivity index (χ3v) is 6.06. The topological polar surface area (TPSA) is 35.0 Å². The largest absolute Gasteiger partial charge is 0.472 e. The lowest BCUT2D eigenvalue weighted by atomic mass is 10.00. The van der Waals surface area contributed by atoms with Crippen molar-refractivity contribution in [1.82, 2.24) is 9.97 Å². The molecule has 0 aliphatic carbocycles. The predicted molar refractivity (Wildman–Crippen MR) is 130 cm³/mol. The second-order valence-electron chi connectivity index (χ2n) is 6.91. The van der Waals surface area contributed by atoms with E-state index in [1.54, 1.807) is 30.3 Å². The number of halogens is 5. The smallest absolute Gasteiger partial charge is 0.226 e. The van der Waals surface area contributed by atoms with Gasteiger partial charge in [0.25, 0.3) is 0 Å². The van der Waals surface area contributed by atoms with Gasteiger partial charge in [0, 0.05) is 15.6 Å². The Kier molecular flexibility index (Phi) is 7.39. The van der Waals surface area contributed by atoms with Gasteiger partial charge >= 0.3 is 0 Å². The zero-order valence-corrected chi connectivity index (χ0v) is 20.2. The van der Waals surface area contributed by atoms with Crippen molar-refractivity contribution in [3.05, 3.63) is 92.9 Å². The summed E-state index contributed by atoms with van der Waals surface area (Å²) in [6.07, 6.45) is 1.84. The lowest BCUT2D eigenvalue weighted by Crippen LogP contribution is -2.04. The second-order valence-corrected chi connectivity index (χ2v) is 8.96. The lowest BCUT2D eigenvalue weighted by molar-refractivity contribution is 0.291. The number of aromatic nitrogens is 2. The van der Waals surface area contributed by atoms with Gasteiger partial charge in [-0.05, 0) is 59.8 Å². The van der Waals surface area contributed by atoms with Crippen molar-refractivity contribution in [2.45, 2.75) is 11.8 Å². The van der Waals surface area contributed by atoms with E-state index < -0.39 is 11.6 Å². The molecule has 168 valence electrons. The molecular weight excluding hydrogens is 509 g/mol. The second kappa shape index (κ2) is 10.3. The molecule has 0 saturated heterocycles. The Morgan fingerprint density at radius 2 is 1.58 bits per heavy atom. The van der Waals surface area contributed by atoms with Gasteiger partial charge in [0.05, 0.1) is 16.3 Å². The van der Waals surface area contributed by atoms with Crippen LogP contribution in [-0.2, 0) is 6.61 Å². The number of ether oxygens (including phenoxy) is 1. The zero-order chi connectivity index (χ0) is 23.5. The van der Waals surface area contributed by atoms with E-state index in [2.05, 4.69) is 4.98 Å². The van der Waals surface area contributed by atoms with Gasteiger partial charge in [0.15, 0.2) is 16.8 Å². The Morgan fingerprint density at radius 1 is 0.848 bits per heavy atom. The molecule has 0 atom stereocenters. The number of hydrogen-bond acceptors (Lipinski definition) is 4. The molecule has 4 rings (SSSR count). The molecular formula is C24H15Cl3F2N2OS. The summed E-state index contributed by atoms with van der Waals surface area (Å²) in [5, 5.41) is 1.92. The minimum Gasteiger partial charge on any atom is -0.472 e. The number of hydrogen-bond donors (Lipinski definition) is 0. The number of benzene rings is 3. The summed E-state index contributed by atoms with van der Waals surface area (Å²) in [7, 11) is 0. The highest BCUT2D eigenvalue weighted by Gasteiger charge is 2.21. The normalized spacial score (nSPS) is 11.0. The van der Waals surface area contributed by atoms with Gasteiger partial charge < -0.3 is 4.74 Å². The summed E-state index contributed by atoms with van der Waals surface area (Å²) in [6, 6.07) is 15.8. The van der Waals surface area contributed by atoms with Crippen molar-refractivity contribution in [2.24, 2.45) is 0 Å². The van der Waals surface area contributed by atoms with Gasteiger partial charge in [0.2, 0.25) is 5.88 Å². The van der Waals surface area contributed by atoms with Crippen LogP contribution < -0.4 is 4.74 Å². The molecule has 0 saturated carbocycles. The highest BCUT2D eigenvalue weighted by Crippen LogP contribution is 2.41. The average molecular weight is 524 g/mol. The van der Waals surface area contributed by atoms with Crippen molar-refractivity contribution in [2.75, 3.05) is 6.26 Å². The first kappa shape index (κ1) is 23.8. The van der Waals surface area contributed by atoms with Crippen LogP contribution in [0.25, 0.3) is 22.4 Å². The average Bonchev–Trinajstić information content (AvgIpc) is 2.80. The maximum Gasteiger partial charge on any atom is 0.226 e. The Labute approximate surface area is 208 Å². The zero-order valence-electron chi connectivity index (χ0n) is 17.1. The van der Waals surface area contributed by atoms with Crippen LogP contribution in [0.15, 0.2) is 65.8 Å². The molecule has 4 aromatic rings. The van der Waals surface area contributed by atoms with E-state index in [0.717, 1.165) is 17.7 Å². The van der Waals surface area contributed by atoms with Crippen molar-refractivity contribution in [1.29, 1.82) is 0 Å². The van der Waals surface area contributed by atoms with Crippen molar-refractivity contribution in [3.8, 4) is 28.3 Å². The van der Waals surface area contributed by atoms with Gasteiger partial charge in [-0.1, -0.05) is 64.8 Å². The summed E-state index contributed by atoms with van der Waals surface area (Å²) >= 11 is 20.0. The van der Waals surface area contributed by atoms with Crippen LogP contribution in [0.1, 0.15) is 5.56 Å². The third-order valence-electron chi connectivity index (χ3n) is 4.72. The van der Waals surface area contributed by atoms with Crippen LogP contribution >= 0.6 is 46.6 Å². The monoisotopic (exact) mass is 522 g/mol. The first-order valence-corrected chi connectivity index (χ1v) is 12.0. The van der Waals surface area contributed by atoms with Crippen LogP contribution in [0.4, 0.5) is 8.78 Å². The van der Waals surface area contributed by atoms with Crippen LogP contribution in [0.3, 0.4) is 0 Å². The van der Waals surface area contributed by atoms with E-state index >= 15 is 0 Å². The van der Waals surface area contributed by atoms with Crippen molar-refractivity contribution in [3.63, 3.8) is 0 Å². The molecule has 0 unspecified atom stereocenters. The molecule has 0 N–H and O–H groups in total. The first-order valence-electron chi connectivity index (χ1n) is 9.60. The van der Waals surface area contributed by atoms with Crippen molar-refractivity contribution >= 4 is 46.6 Å². The van der Waals surface area contributed by atoms with Crippen LogP contribution in [0, 0.1) is 11.6 Å². The Morgan fingerprint density at radius 3 is 2.24 bits per heavy atom. The van der Waals surface area contributed by atoms with Gasteiger partial charge in [-0.3, -0.25) is 0 Å². The number of nitrogens with zero attached hydrogens (tertiary/aromatic N) is 2. The fourth-order valence-corrected chi connectivity index (χ4v) is 4.13. The fourth-order valence-electron chi connectivity index (χ4n) is 3.15. The van der Waals surface area contributed by atoms with Crippen LogP contribution in [-0.4, -0.2) is 16.2 Å². The molecule has 0 bridgehead atoms. The van der Waals surface area contributed by atoms with Gasteiger partial charge in [0.1, 0.15) is 6.61 Å². The van der Waals surface area contributed by atoms with E-state index in [1.807, 2.05) is 18.4 Å². The van der Waals surface area contributed by atoms with E-state index in [1.165, 1.54) is 17.8 Å². The highest BCUT2D eigenvalue weighted by molar-refractivity contribution is 7.98. The quantitative estimate of drug-likeness (QED) is 0.188. The van der Waals surface area contributed by atoms with E-state index in [-0.39, 0.29) is 12.5 Å². The molecule has 0 radical (unpaired) electrons. The summed E-state index contributed by atoms with van der Waals surface area (Å²) in [6.45, 7) is -0.0313. The van der Waals surface area contributed by atoms with Crippen LogP contribution in [0.2, 0.25) is 15.1 Å². The minimum atomic E-state index is -0.949. The Hall–Kier alpha value is -2.38. The number of thioether (sulfide) groups is 1. The van der Waals surface area contributed by atoms with Gasteiger partial charge in [-0.2, -0.15) is 4.98 Å². The predicted octanol–water partition coefficient (Wildman–Crippen LogP) is 8.35. The Balaban J connectivity index is 1.88. The molecule has 0 amide bonds. The molecule has 3 nitrogen and oxygen atoms in total. The molecule has 0 fully saturated rings. The fraction of sp³-hybridized carbons (Fsp3) is 0.0833. The van der Waals surface area contributed by atoms with E-state index in [0.29, 0.717) is 42.6 Å². The maximum atomic E-state index is 13.7. The minimum absolute atomic E-state index is 0.0313. The van der Waals surface area contributed by atoms with E-state index in [9.17, 15) is 8.78 Å². The summed E-state index contributed by atoms with van der Waals surface area (Å²) < 4.78 is 33.0. The Bertz CT molecular complexity index is 1320. The molecule has 33 heavy (non-hydrogen) atoms.